The first-order chi connectivity index (χ1) is 9.16. The van der Waals surface area contributed by atoms with Crippen LogP contribution in [0.3, 0.4) is 0 Å². The minimum Gasteiger partial charge on any atom is -0.481 e. The van der Waals surface area contributed by atoms with Crippen molar-refractivity contribution >= 4 is 17.6 Å². The summed E-state index contributed by atoms with van der Waals surface area (Å²) in [5.74, 6) is -2.16. The van der Waals surface area contributed by atoms with Crippen molar-refractivity contribution in [1.82, 2.24) is 4.98 Å². The van der Waals surface area contributed by atoms with Gasteiger partial charge in [0.1, 0.15) is 0 Å². The Hall–Kier alpha value is -2.17. The number of carboxylic acid groups (broad SMARTS) is 1. The summed E-state index contributed by atoms with van der Waals surface area (Å²) in [6, 6.07) is 3.47. The molecule has 1 fully saturated rings. The molecule has 1 amide bonds. The highest BCUT2D eigenvalue weighted by molar-refractivity contribution is 5.96. The molecule has 1 aromatic heterocycles. The summed E-state index contributed by atoms with van der Waals surface area (Å²) >= 11 is 0. The summed E-state index contributed by atoms with van der Waals surface area (Å²) in [4.78, 5) is 27.5. The van der Waals surface area contributed by atoms with Crippen molar-refractivity contribution < 1.29 is 14.7 Å². The normalized spacial score (nSPS) is 31.4. The van der Waals surface area contributed by atoms with Gasteiger partial charge in [0.25, 0.3) is 0 Å². The van der Waals surface area contributed by atoms with Crippen molar-refractivity contribution in [3.05, 3.63) is 36.7 Å². The fraction of sp³-hybridized carbons (Fsp3) is 0.357. The van der Waals surface area contributed by atoms with Gasteiger partial charge in [-0.15, -0.1) is 0 Å². The highest BCUT2D eigenvalue weighted by Gasteiger charge is 2.51. The van der Waals surface area contributed by atoms with Gasteiger partial charge in [-0.3, -0.25) is 14.6 Å². The number of fused-ring (bicyclic) bond motifs is 2. The van der Waals surface area contributed by atoms with Crippen LogP contribution in [-0.4, -0.2) is 22.0 Å². The second kappa shape index (κ2) is 4.50. The number of nitrogens with one attached hydrogen (secondary N) is 1. The highest BCUT2D eigenvalue weighted by Crippen LogP contribution is 2.48. The summed E-state index contributed by atoms with van der Waals surface area (Å²) < 4.78 is 0. The maximum absolute atomic E-state index is 12.3. The summed E-state index contributed by atoms with van der Waals surface area (Å²) in [7, 11) is 0. The van der Waals surface area contributed by atoms with Crippen LogP contribution in [0.4, 0.5) is 5.69 Å². The number of hydrogen-bond donors (Lipinski definition) is 2. The fourth-order valence-electron chi connectivity index (χ4n) is 3.18. The van der Waals surface area contributed by atoms with Gasteiger partial charge < -0.3 is 10.4 Å². The molecule has 1 saturated carbocycles. The van der Waals surface area contributed by atoms with Crippen LogP contribution in [0.25, 0.3) is 0 Å². The number of carbonyl (C=O) groups is 2. The Kier molecular flexibility index (Phi) is 2.81. The number of carboxylic acids is 1. The van der Waals surface area contributed by atoms with Crippen molar-refractivity contribution in [3.8, 4) is 0 Å². The van der Waals surface area contributed by atoms with Gasteiger partial charge in [-0.2, -0.15) is 0 Å². The van der Waals surface area contributed by atoms with E-state index in [-0.39, 0.29) is 17.7 Å². The number of nitrogens with zero attached hydrogens (tertiary/aromatic N) is 1. The van der Waals surface area contributed by atoms with E-state index < -0.39 is 17.8 Å². The zero-order valence-electron chi connectivity index (χ0n) is 10.2. The SMILES string of the molecule is O=C(O)[C@@H]1[C@@H](C(=O)Nc2cccnc2)[C@H]2C=C[C@@H]1C2. The van der Waals surface area contributed by atoms with E-state index in [0.717, 1.165) is 6.42 Å². The van der Waals surface area contributed by atoms with Crippen LogP contribution in [0.15, 0.2) is 36.7 Å². The first-order valence-electron chi connectivity index (χ1n) is 6.29. The van der Waals surface area contributed by atoms with E-state index in [0.29, 0.717) is 5.69 Å². The third kappa shape index (κ3) is 2.01. The van der Waals surface area contributed by atoms with Crippen LogP contribution in [-0.2, 0) is 9.59 Å². The van der Waals surface area contributed by atoms with Crippen LogP contribution in [0.2, 0.25) is 0 Å². The molecule has 2 aliphatic carbocycles. The number of aromatic nitrogens is 1. The van der Waals surface area contributed by atoms with Crippen molar-refractivity contribution in [2.75, 3.05) is 5.32 Å². The van der Waals surface area contributed by atoms with Crippen molar-refractivity contribution in [1.29, 1.82) is 0 Å². The second-order valence-corrected chi connectivity index (χ2v) is 5.07. The standard InChI is InChI=1S/C14H14N2O3/c17-13(16-10-2-1-5-15-7-10)11-8-3-4-9(6-8)12(11)14(18)19/h1-5,7-9,11-12H,6H2,(H,16,17)(H,18,19)/t8-,9+,11-,12-/m0/s1. The monoisotopic (exact) mass is 258 g/mol. The molecule has 0 aliphatic heterocycles. The molecule has 0 aromatic carbocycles. The number of allylic oxidation sites excluding steroid dienone is 2. The van der Waals surface area contributed by atoms with E-state index >= 15 is 0 Å². The Labute approximate surface area is 110 Å². The van der Waals surface area contributed by atoms with Crippen LogP contribution >= 0.6 is 0 Å². The maximum atomic E-state index is 12.3. The molecule has 0 saturated heterocycles. The second-order valence-electron chi connectivity index (χ2n) is 5.07. The average Bonchev–Trinajstić information content (AvgIpc) is 2.99. The van der Waals surface area contributed by atoms with Crippen molar-refractivity contribution in [2.24, 2.45) is 23.7 Å². The number of aliphatic carboxylic acids is 1. The summed E-state index contributed by atoms with van der Waals surface area (Å²) in [5, 5.41) is 12.0. The zero-order valence-corrected chi connectivity index (χ0v) is 10.2. The van der Waals surface area contributed by atoms with Gasteiger partial charge in [-0.1, -0.05) is 12.2 Å². The molecule has 2 bridgehead atoms. The Bertz CT molecular complexity index is 541. The van der Waals surface area contributed by atoms with Gasteiger partial charge in [-0.25, -0.2) is 0 Å². The van der Waals surface area contributed by atoms with E-state index in [1.807, 2.05) is 12.2 Å². The molecule has 0 unspecified atom stereocenters. The van der Waals surface area contributed by atoms with Gasteiger partial charge in [-0.05, 0) is 30.4 Å². The highest BCUT2D eigenvalue weighted by atomic mass is 16.4. The van der Waals surface area contributed by atoms with Crippen LogP contribution in [0, 0.1) is 23.7 Å². The lowest BCUT2D eigenvalue weighted by molar-refractivity contribution is -0.146. The predicted octanol–water partition coefficient (Wildman–Crippen LogP) is 1.54. The number of hydrogen-bond acceptors (Lipinski definition) is 3. The summed E-state index contributed by atoms with van der Waals surface area (Å²) in [5.41, 5.74) is 0.600. The first kappa shape index (κ1) is 11.9. The molecule has 5 nitrogen and oxygen atoms in total. The third-order valence-electron chi connectivity index (χ3n) is 3.98. The number of amides is 1. The summed E-state index contributed by atoms with van der Waals surface area (Å²) in [6.45, 7) is 0. The summed E-state index contributed by atoms with van der Waals surface area (Å²) in [6.07, 6.45) is 7.84. The largest absolute Gasteiger partial charge is 0.481 e. The molecule has 2 aliphatic rings. The Balaban J connectivity index is 1.79. The molecular formula is C14H14N2O3. The Morgan fingerprint density at radius 2 is 2.00 bits per heavy atom. The molecular weight excluding hydrogens is 244 g/mol. The van der Waals surface area contributed by atoms with E-state index in [9.17, 15) is 14.7 Å². The molecule has 98 valence electrons. The lowest BCUT2D eigenvalue weighted by Crippen LogP contribution is -2.36. The molecule has 0 radical (unpaired) electrons. The van der Waals surface area contributed by atoms with E-state index in [4.69, 9.17) is 0 Å². The molecule has 1 heterocycles. The minimum atomic E-state index is -0.886. The van der Waals surface area contributed by atoms with E-state index in [1.54, 1.807) is 24.5 Å². The van der Waals surface area contributed by atoms with Crippen molar-refractivity contribution in [2.45, 2.75) is 6.42 Å². The Morgan fingerprint density at radius 1 is 1.26 bits per heavy atom. The molecule has 5 heteroatoms. The molecule has 19 heavy (non-hydrogen) atoms. The van der Waals surface area contributed by atoms with Crippen LogP contribution in [0.5, 0.6) is 0 Å². The van der Waals surface area contributed by atoms with Gasteiger partial charge in [0.2, 0.25) is 5.91 Å². The minimum absolute atomic E-state index is 0.00727. The number of pyridine rings is 1. The fourth-order valence-corrected chi connectivity index (χ4v) is 3.18. The van der Waals surface area contributed by atoms with E-state index in [2.05, 4.69) is 10.3 Å². The third-order valence-corrected chi connectivity index (χ3v) is 3.98. The average molecular weight is 258 g/mol. The maximum Gasteiger partial charge on any atom is 0.307 e. The molecule has 4 atom stereocenters. The van der Waals surface area contributed by atoms with Gasteiger partial charge in [0.15, 0.2) is 0 Å². The van der Waals surface area contributed by atoms with Crippen LogP contribution in [0.1, 0.15) is 6.42 Å². The van der Waals surface area contributed by atoms with E-state index in [1.165, 1.54) is 0 Å². The molecule has 2 N–H and O–H groups in total. The lowest BCUT2D eigenvalue weighted by atomic mass is 9.82. The number of anilines is 1. The van der Waals surface area contributed by atoms with Gasteiger partial charge in [0, 0.05) is 6.20 Å². The van der Waals surface area contributed by atoms with Crippen molar-refractivity contribution in [3.63, 3.8) is 0 Å². The first-order valence-corrected chi connectivity index (χ1v) is 6.29. The number of rotatable bonds is 3. The molecule has 3 rings (SSSR count). The molecule has 0 spiro atoms. The Morgan fingerprint density at radius 3 is 2.63 bits per heavy atom. The zero-order chi connectivity index (χ0) is 13.4. The number of carbonyl (C=O) groups excluding carboxylic acids is 1. The lowest BCUT2D eigenvalue weighted by Gasteiger charge is -2.23. The molecule has 1 aromatic rings. The van der Waals surface area contributed by atoms with Gasteiger partial charge in [0.05, 0.1) is 23.7 Å². The topological polar surface area (TPSA) is 79.3 Å². The smallest absolute Gasteiger partial charge is 0.307 e. The predicted molar refractivity (Wildman–Crippen MR) is 68.2 cm³/mol. The quantitative estimate of drug-likeness (QED) is 0.806. The van der Waals surface area contributed by atoms with Crippen LogP contribution < -0.4 is 5.32 Å². The van der Waals surface area contributed by atoms with Gasteiger partial charge >= 0.3 is 5.97 Å².